The molecule has 3 rings (SSSR count). The molecule has 1 saturated heterocycles. The number of hydrogen-bond donors (Lipinski definition) is 2. The summed E-state index contributed by atoms with van der Waals surface area (Å²) in [4.78, 5) is 12.7. The summed E-state index contributed by atoms with van der Waals surface area (Å²) < 4.78 is 16.1. The van der Waals surface area contributed by atoms with E-state index < -0.39 is 0 Å². The first-order valence-electron chi connectivity index (χ1n) is 7.87. The quantitative estimate of drug-likeness (QED) is 0.868. The van der Waals surface area contributed by atoms with Gasteiger partial charge in [0, 0.05) is 12.2 Å². The van der Waals surface area contributed by atoms with Gasteiger partial charge in [0.05, 0.1) is 25.9 Å². The van der Waals surface area contributed by atoms with E-state index in [1.165, 1.54) is 26.4 Å². The Hall–Kier alpha value is -1.95. The predicted molar refractivity (Wildman–Crippen MR) is 84.2 cm³/mol. The number of nitrogens with one attached hydrogen (secondary N) is 1. The standard InChI is InChI=1S/C17H23NO5/c1-17(6-7-23-15(17)10-4-5-10)18-16(20)11-8-12(21-2)14(19)13(9-11)22-3/h8-10,15,19H,4-7H2,1-3H3,(H,18,20)/t15-,17-/m1/s1. The van der Waals surface area contributed by atoms with Gasteiger partial charge in [-0.25, -0.2) is 0 Å². The number of benzene rings is 1. The number of methoxy groups -OCH3 is 2. The highest BCUT2D eigenvalue weighted by atomic mass is 16.5. The third-order valence-corrected chi connectivity index (χ3v) is 4.74. The molecular formula is C17H23NO5. The van der Waals surface area contributed by atoms with Crippen molar-refractivity contribution < 1.29 is 24.1 Å². The number of carbonyl (C=O) groups excluding carboxylic acids is 1. The Kier molecular flexibility index (Phi) is 4.10. The van der Waals surface area contributed by atoms with Gasteiger partial charge in [0.1, 0.15) is 0 Å². The molecule has 1 heterocycles. The van der Waals surface area contributed by atoms with Gasteiger partial charge in [-0.2, -0.15) is 0 Å². The monoisotopic (exact) mass is 321 g/mol. The molecular weight excluding hydrogens is 298 g/mol. The smallest absolute Gasteiger partial charge is 0.252 e. The van der Waals surface area contributed by atoms with E-state index in [4.69, 9.17) is 14.2 Å². The summed E-state index contributed by atoms with van der Waals surface area (Å²) in [6.07, 6.45) is 3.20. The summed E-state index contributed by atoms with van der Waals surface area (Å²) in [5.74, 6) is 0.631. The van der Waals surface area contributed by atoms with E-state index in [9.17, 15) is 9.90 Å². The number of hydrogen-bond acceptors (Lipinski definition) is 5. The van der Waals surface area contributed by atoms with Crippen molar-refractivity contribution in [2.45, 2.75) is 37.8 Å². The van der Waals surface area contributed by atoms with Gasteiger partial charge in [0.2, 0.25) is 5.75 Å². The molecule has 1 aliphatic carbocycles. The molecule has 2 aliphatic rings. The van der Waals surface area contributed by atoms with Crippen molar-refractivity contribution in [1.82, 2.24) is 5.32 Å². The van der Waals surface area contributed by atoms with Gasteiger partial charge < -0.3 is 24.6 Å². The second-order valence-corrected chi connectivity index (χ2v) is 6.48. The molecule has 0 spiro atoms. The number of phenolic OH excluding ortho intramolecular Hbond substituents is 1. The van der Waals surface area contributed by atoms with Crippen LogP contribution in [0.5, 0.6) is 17.2 Å². The van der Waals surface area contributed by atoms with E-state index in [-0.39, 0.29) is 34.8 Å². The molecule has 0 aromatic heterocycles. The van der Waals surface area contributed by atoms with Crippen LogP contribution in [0, 0.1) is 5.92 Å². The Labute approximate surface area is 135 Å². The molecule has 1 amide bonds. The van der Waals surface area contributed by atoms with Crippen LogP contribution < -0.4 is 14.8 Å². The molecule has 126 valence electrons. The largest absolute Gasteiger partial charge is 0.502 e. The van der Waals surface area contributed by atoms with E-state index in [2.05, 4.69) is 5.32 Å². The van der Waals surface area contributed by atoms with Crippen LogP contribution in [0.25, 0.3) is 0 Å². The normalized spacial score (nSPS) is 26.8. The maximum atomic E-state index is 12.7. The number of phenols is 1. The Morgan fingerprint density at radius 1 is 1.30 bits per heavy atom. The van der Waals surface area contributed by atoms with Gasteiger partial charge in [-0.1, -0.05) is 0 Å². The van der Waals surface area contributed by atoms with E-state index in [0.29, 0.717) is 18.1 Å². The summed E-state index contributed by atoms with van der Waals surface area (Å²) in [5, 5.41) is 13.1. The second-order valence-electron chi connectivity index (χ2n) is 6.48. The lowest BCUT2D eigenvalue weighted by molar-refractivity contribution is 0.0514. The van der Waals surface area contributed by atoms with Crippen LogP contribution in [0.3, 0.4) is 0 Å². The highest BCUT2D eigenvalue weighted by Gasteiger charge is 2.49. The lowest BCUT2D eigenvalue weighted by Gasteiger charge is -2.31. The number of carbonyl (C=O) groups is 1. The zero-order valence-corrected chi connectivity index (χ0v) is 13.7. The fourth-order valence-corrected chi connectivity index (χ4v) is 3.27. The van der Waals surface area contributed by atoms with Gasteiger partial charge >= 0.3 is 0 Å². The summed E-state index contributed by atoms with van der Waals surface area (Å²) in [6, 6.07) is 3.02. The number of aromatic hydroxyl groups is 1. The van der Waals surface area contributed by atoms with Gasteiger partial charge in [-0.3, -0.25) is 4.79 Å². The Bertz CT molecular complexity index is 588. The zero-order chi connectivity index (χ0) is 16.6. The minimum atomic E-state index is -0.364. The van der Waals surface area contributed by atoms with Crippen LogP contribution >= 0.6 is 0 Å². The number of rotatable bonds is 5. The molecule has 0 bridgehead atoms. The van der Waals surface area contributed by atoms with Crippen molar-refractivity contribution in [3.63, 3.8) is 0 Å². The molecule has 1 saturated carbocycles. The van der Waals surface area contributed by atoms with E-state index in [0.717, 1.165) is 19.3 Å². The van der Waals surface area contributed by atoms with Crippen molar-refractivity contribution in [3.05, 3.63) is 17.7 Å². The second kappa shape index (κ2) is 5.92. The number of ether oxygens (including phenoxy) is 3. The first-order chi connectivity index (χ1) is 11.0. The molecule has 0 radical (unpaired) electrons. The Morgan fingerprint density at radius 2 is 1.91 bits per heavy atom. The lowest BCUT2D eigenvalue weighted by atomic mass is 9.90. The SMILES string of the molecule is COc1cc(C(=O)N[C@]2(C)CCO[C@@H]2C2CC2)cc(OC)c1O. The van der Waals surface area contributed by atoms with E-state index in [1.807, 2.05) is 6.92 Å². The molecule has 6 heteroatoms. The molecule has 2 fully saturated rings. The average Bonchev–Trinajstić information content (AvgIpc) is 3.30. The molecule has 1 aliphatic heterocycles. The fraction of sp³-hybridized carbons (Fsp3) is 0.588. The van der Waals surface area contributed by atoms with Crippen LogP contribution in [0.15, 0.2) is 12.1 Å². The fourth-order valence-electron chi connectivity index (χ4n) is 3.27. The van der Waals surface area contributed by atoms with Crippen molar-refractivity contribution >= 4 is 5.91 Å². The third-order valence-electron chi connectivity index (χ3n) is 4.74. The highest BCUT2D eigenvalue weighted by Crippen LogP contribution is 2.43. The average molecular weight is 321 g/mol. The molecule has 1 aromatic carbocycles. The Morgan fingerprint density at radius 3 is 2.43 bits per heavy atom. The van der Waals surface area contributed by atoms with Crippen LogP contribution in [-0.2, 0) is 4.74 Å². The molecule has 23 heavy (non-hydrogen) atoms. The summed E-state index contributed by atoms with van der Waals surface area (Å²) in [5.41, 5.74) is 0.0236. The predicted octanol–water partition coefficient (Wildman–Crippen LogP) is 2.10. The van der Waals surface area contributed by atoms with Crippen LogP contribution in [0.1, 0.15) is 36.5 Å². The van der Waals surface area contributed by atoms with Crippen molar-refractivity contribution in [2.75, 3.05) is 20.8 Å². The number of amides is 1. The molecule has 2 atom stereocenters. The van der Waals surface area contributed by atoms with Crippen LogP contribution in [0.4, 0.5) is 0 Å². The highest BCUT2D eigenvalue weighted by molar-refractivity contribution is 5.96. The van der Waals surface area contributed by atoms with Crippen molar-refractivity contribution in [3.8, 4) is 17.2 Å². The first-order valence-corrected chi connectivity index (χ1v) is 7.87. The van der Waals surface area contributed by atoms with Gasteiger partial charge in [0.15, 0.2) is 11.5 Å². The van der Waals surface area contributed by atoms with E-state index in [1.54, 1.807) is 0 Å². The molecule has 0 unspecified atom stereocenters. The summed E-state index contributed by atoms with van der Waals surface area (Å²) in [6.45, 7) is 2.70. The Balaban J connectivity index is 1.83. The lowest BCUT2D eigenvalue weighted by Crippen LogP contribution is -2.52. The third kappa shape index (κ3) is 2.95. The summed E-state index contributed by atoms with van der Waals surface area (Å²) in [7, 11) is 2.87. The van der Waals surface area contributed by atoms with Crippen LogP contribution in [0.2, 0.25) is 0 Å². The van der Waals surface area contributed by atoms with Crippen LogP contribution in [-0.4, -0.2) is 43.5 Å². The topological polar surface area (TPSA) is 77.0 Å². The van der Waals surface area contributed by atoms with Gasteiger partial charge in [-0.15, -0.1) is 0 Å². The minimum absolute atomic E-state index is 0.0763. The van der Waals surface area contributed by atoms with Gasteiger partial charge in [-0.05, 0) is 44.2 Å². The zero-order valence-electron chi connectivity index (χ0n) is 13.7. The minimum Gasteiger partial charge on any atom is -0.502 e. The molecule has 2 N–H and O–H groups in total. The van der Waals surface area contributed by atoms with Gasteiger partial charge in [0.25, 0.3) is 5.91 Å². The van der Waals surface area contributed by atoms with Crippen molar-refractivity contribution in [2.24, 2.45) is 5.92 Å². The maximum absolute atomic E-state index is 12.7. The van der Waals surface area contributed by atoms with Crippen molar-refractivity contribution in [1.29, 1.82) is 0 Å². The molecule has 6 nitrogen and oxygen atoms in total. The van der Waals surface area contributed by atoms with E-state index >= 15 is 0 Å². The first kappa shape index (κ1) is 15.9. The molecule has 1 aromatic rings. The summed E-state index contributed by atoms with van der Waals surface area (Å²) >= 11 is 0. The maximum Gasteiger partial charge on any atom is 0.252 e.